The quantitative estimate of drug-likeness (QED) is 0.474. The maximum atomic E-state index is 13.8. The van der Waals surface area contributed by atoms with E-state index in [0.717, 1.165) is 28.4 Å². The van der Waals surface area contributed by atoms with Gasteiger partial charge in [0.25, 0.3) is 0 Å². The molecular weight excluding hydrogens is 404 g/mol. The molecule has 0 spiro atoms. The van der Waals surface area contributed by atoms with E-state index in [1.165, 1.54) is 24.3 Å². The molecule has 5 rings (SSSR count). The third kappa shape index (κ3) is 3.35. The van der Waals surface area contributed by atoms with Gasteiger partial charge in [-0.15, -0.1) is 0 Å². The second kappa shape index (κ2) is 7.57. The first-order chi connectivity index (χ1) is 14.6. The first kappa shape index (κ1) is 18.8. The van der Waals surface area contributed by atoms with Gasteiger partial charge in [-0.3, -0.25) is 4.79 Å². The fraction of sp³-hybridized carbons (Fsp3) is 0.174. The van der Waals surface area contributed by atoms with E-state index in [1.54, 1.807) is 18.2 Å². The number of fused-ring (bicyclic) bond motifs is 1. The van der Waals surface area contributed by atoms with Gasteiger partial charge < -0.3 is 5.32 Å². The first-order valence-corrected chi connectivity index (χ1v) is 10.4. The van der Waals surface area contributed by atoms with Gasteiger partial charge in [0.1, 0.15) is 22.7 Å². The summed E-state index contributed by atoms with van der Waals surface area (Å²) < 4.78 is 36.1. The van der Waals surface area contributed by atoms with Gasteiger partial charge in [0.05, 0.1) is 23.3 Å². The fourth-order valence-corrected chi connectivity index (χ4v) is 4.85. The summed E-state index contributed by atoms with van der Waals surface area (Å²) in [5.74, 6) is -1.61. The number of carbonyl (C=O) groups excluding carboxylic acids is 1. The molecule has 1 aliphatic carbocycles. The second-order valence-corrected chi connectivity index (χ2v) is 8.04. The van der Waals surface area contributed by atoms with Crippen LogP contribution in [0.2, 0.25) is 0 Å². The highest BCUT2D eigenvalue weighted by Crippen LogP contribution is 2.53. The molecule has 1 aromatic heterocycles. The predicted octanol–water partition coefficient (Wildman–Crippen LogP) is 5.50. The third-order valence-electron chi connectivity index (χ3n) is 5.78. The summed E-state index contributed by atoms with van der Waals surface area (Å²) in [6.07, 6.45) is 0.646. The molecule has 7 heteroatoms. The molecule has 0 bridgehead atoms. The van der Waals surface area contributed by atoms with Gasteiger partial charge in [0.15, 0.2) is 0 Å². The summed E-state index contributed by atoms with van der Waals surface area (Å²) >= 11 is 1.09. The molecule has 1 N–H and O–H groups in total. The number of aromatic nitrogens is 2. The third-order valence-corrected chi connectivity index (χ3v) is 6.32. The van der Waals surface area contributed by atoms with Gasteiger partial charge in [-0.2, -0.15) is 8.75 Å². The number of nitrogens with zero attached hydrogens (tertiary/aromatic N) is 2. The fourth-order valence-electron chi connectivity index (χ4n) is 4.30. The van der Waals surface area contributed by atoms with Crippen molar-refractivity contribution >= 4 is 34.4 Å². The van der Waals surface area contributed by atoms with Crippen molar-refractivity contribution in [3.05, 3.63) is 89.5 Å². The summed E-state index contributed by atoms with van der Waals surface area (Å²) in [4.78, 5) is 13.4. The minimum atomic E-state index is -0.449. The highest BCUT2D eigenvalue weighted by Gasteiger charge is 2.47. The van der Waals surface area contributed by atoms with Crippen LogP contribution < -0.4 is 5.32 Å². The Balaban J connectivity index is 1.49. The number of hydrogen-bond donors (Lipinski definition) is 1. The van der Waals surface area contributed by atoms with E-state index in [4.69, 9.17) is 0 Å². The molecule has 1 aliphatic rings. The Morgan fingerprint density at radius 1 is 0.900 bits per heavy atom. The van der Waals surface area contributed by atoms with Crippen LogP contribution >= 0.6 is 11.7 Å². The zero-order chi connectivity index (χ0) is 20.7. The lowest BCUT2D eigenvalue weighted by molar-refractivity contribution is -0.124. The zero-order valence-electron chi connectivity index (χ0n) is 15.8. The predicted molar refractivity (Wildman–Crippen MR) is 112 cm³/mol. The van der Waals surface area contributed by atoms with E-state index in [-0.39, 0.29) is 29.4 Å². The van der Waals surface area contributed by atoms with Gasteiger partial charge >= 0.3 is 0 Å². The van der Waals surface area contributed by atoms with Crippen LogP contribution in [0.4, 0.5) is 14.5 Å². The van der Waals surface area contributed by atoms with Crippen molar-refractivity contribution in [2.45, 2.75) is 18.3 Å². The SMILES string of the molecule is O=C(Nc1cccc2nsnc12)C1C(c2cccc(F)c2)CC1c1cccc(F)c1. The maximum Gasteiger partial charge on any atom is 0.228 e. The minimum Gasteiger partial charge on any atom is -0.324 e. The van der Waals surface area contributed by atoms with Gasteiger partial charge in [-0.05, 0) is 65.8 Å². The van der Waals surface area contributed by atoms with E-state index >= 15 is 0 Å². The van der Waals surface area contributed by atoms with Crippen LogP contribution in [0.3, 0.4) is 0 Å². The van der Waals surface area contributed by atoms with Crippen molar-refractivity contribution in [3.63, 3.8) is 0 Å². The van der Waals surface area contributed by atoms with Gasteiger partial charge in [-0.25, -0.2) is 8.78 Å². The maximum absolute atomic E-state index is 13.8. The van der Waals surface area contributed by atoms with Crippen molar-refractivity contribution in [1.82, 2.24) is 8.75 Å². The second-order valence-electron chi connectivity index (χ2n) is 7.51. The topological polar surface area (TPSA) is 54.9 Å². The number of hydrogen-bond acceptors (Lipinski definition) is 4. The summed E-state index contributed by atoms with van der Waals surface area (Å²) in [5.41, 5.74) is 3.50. The van der Waals surface area contributed by atoms with E-state index in [1.807, 2.05) is 24.3 Å². The normalized spacial score (nSPS) is 20.7. The molecule has 0 radical (unpaired) electrons. The Morgan fingerprint density at radius 3 is 2.17 bits per heavy atom. The molecule has 0 saturated heterocycles. The van der Waals surface area contributed by atoms with E-state index in [2.05, 4.69) is 14.1 Å². The van der Waals surface area contributed by atoms with Crippen molar-refractivity contribution in [1.29, 1.82) is 0 Å². The molecule has 0 aliphatic heterocycles. The summed E-state index contributed by atoms with van der Waals surface area (Å²) in [5, 5.41) is 2.98. The van der Waals surface area contributed by atoms with Gasteiger partial charge in [0.2, 0.25) is 5.91 Å². The molecule has 4 nitrogen and oxygen atoms in total. The Hall–Kier alpha value is -3.19. The lowest BCUT2D eigenvalue weighted by Gasteiger charge is -2.44. The Kier molecular flexibility index (Phi) is 4.75. The van der Waals surface area contributed by atoms with E-state index in [0.29, 0.717) is 17.6 Å². The van der Waals surface area contributed by atoms with Crippen LogP contribution in [-0.4, -0.2) is 14.7 Å². The standard InChI is InChI=1S/C23H17F2N3OS/c24-15-6-1-4-13(10-15)17-12-18(14-5-2-7-16(25)11-14)21(17)23(29)26-19-8-3-9-20-22(19)28-30-27-20/h1-11,17-18,21H,12H2,(H,26,29). The van der Waals surface area contributed by atoms with Gasteiger partial charge in [-0.1, -0.05) is 30.3 Å². The highest BCUT2D eigenvalue weighted by molar-refractivity contribution is 7.00. The Bertz CT molecular complexity index is 1190. The van der Waals surface area contributed by atoms with Crippen LogP contribution in [0.25, 0.3) is 11.0 Å². The largest absolute Gasteiger partial charge is 0.324 e. The molecule has 1 saturated carbocycles. The van der Waals surface area contributed by atoms with Crippen molar-refractivity contribution in [2.24, 2.45) is 5.92 Å². The molecular formula is C23H17F2N3OS. The van der Waals surface area contributed by atoms with Crippen molar-refractivity contribution in [2.75, 3.05) is 5.32 Å². The van der Waals surface area contributed by atoms with Crippen LogP contribution in [0.1, 0.15) is 29.4 Å². The molecule has 1 fully saturated rings. The van der Waals surface area contributed by atoms with Crippen molar-refractivity contribution in [3.8, 4) is 0 Å². The monoisotopic (exact) mass is 421 g/mol. The van der Waals surface area contributed by atoms with E-state index in [9.17, 15) is 13.6 Å². The number of rotatable bonds is 4. The molecule has 2 unspecified atom stereocenters. The average Bonchev–Trinajstić information content (AvgIpc) is 3.17. The van der Waals surface area contributed by atoms with Crippen LogP contribution in [0, 0.1) is 17.6 Å². The highest BCUT2D eigenvalue weighted by atomic mass is 32.1. The number of anilines is 1. The average molecular weight is 421 g/mol. The molecule has 30 heavy (non-hydrogen) atoms. The van der Waals surface area contributed by atoms with Crippen molar-refractivity contribution < 1.29 is 13.6 Å². The zero-order valence-corrected chi connectivity index (χ0v) is 16.6. The van der Waals surface area contributed by atoms with Crippen LogP contribution in [0.5, 0.6) is 0 Å². The number of amides is 1. The molecule has 1 amide bonds. The Labute approximate surface area is 175 Å². The van der Waals surface area contributed by atoms with Crippen LogP contribution in [-0.2, 0) is 4.79 Å². The smallest absolute Gasteiger partial charge is 0.228 e. The van der Waals surface area contributed by atoms with Gasteiger partial charge in [0, 0.05) is 0 Å². The van der Waals surface area contributed by atoms with E-state index < -0.39 is 5.92 Å². The first-order valence-electron chi connectivity index (χ1n) is 9.63. The number of carbonyl (C=O) groups is 1. The summed E-state index contributed by atoms with van der Waals surface area (Å²) in [6.45, 7) is 0. The molecule has 4 aromatic rings. The van der Waals surface area contributed by atoms with Crippen LogP contribution in [0.15, 0.2) is 66.7 Å². The number of benzene rings is 3. The Morgan fingerprint density at radius 2 is 1.53 bits per heavy atom. The summed E-state index contributed by atoms with van der Waals surface area (Å²) in [7, 11) is 0. The lowest BCUT2D eigenvalue weighted by atomic mass is 9.59. The molecule has 1 heterocycles. The number of halogens is 2. The minimum absolute atomic E-state index is 0.151. The number of nitrogens with one attached hydrogen (secondary N) is 1. The molecule has 2 atom stereocenters. The lowest BCUT2D eigenvalue weighted by Crippen LogP contribution is -2.42. The molecule has 3 aromatic carbocycles. The summed E-state index contributed by atoms with van der Waals surface area (Å²) in [6, 6.07) is 18.1. The molecule has 150 valence electrons.